The van der Waals surface area contributed by atoms with Gasteiger partial charge in [0.05, 0.1) is 13.2 Å². The summed E-state index contributed by atoms with van der Waals surface area (Å²) in [5, 5.41) is 0. The van der Waals surface area contributed by atoms with Crippen molar-refractivity contribution in [2.45, 2.75) is 19.4 Å². The van der Waals surface area contributed by atoms with Crippen molar-refractivity contribution in [2.24, 2.45) is 0 Å². The summed E-state index contributed by atoms with van der Waals surface area (Å²) < 4.78 is 6.89. The second kappa shape index (κ2) is 9.95. The highest BCUT2D eigenvalue weighted by atomic mass is 79.9. The van der Waals surface area contributed by atoms with Crippen LogP contribution in [-0.4, -0.2) is 39.3 Å². The number of quaternary nitrogens is 2. The molecular weight excluding hydrogens is 376 g/mol. The standard InChI is InChI=1S/C21H27BrN2O/c22-20-9-6-10-21(17-20)25-16-5-4-11-23-12-14-24(15-13-23)18-19-7-2-1-3-8-19/h1-3,6-10,17H,4-5,11-16,18H2/p+2. The van der Waals surface area contributed by atoms with Crippen molar-refractivity contribution in [3.63, 3.8) is 0 Å². The number of rotatable bonds is 8. The molecule has 3 nitrogen and oxygen atoms in total. The third-order valence-electron chi connectivity index (χ3n) is 4.95. The first-order chi connectivity index (χ1) is 12.3. The average Bonchev–Trinajstić information content (AvgIpc) is 2.64. The van der Waals surface area contributed by atoms with Gasteiger partial charge in [0.15, 0.2) is 0 Å². The molecule has 0 saturated carbocycles. The molecule has 1 aliphatic heterocycles. The fraction of sp³-hybridized carbons (Fsp3) is 0.429. The van der Waals surface area contributed by atoms with Gasteiger partial charge in [-0.25, -0.2) is 0 Å². The van der Waals surface area contributed by atoms with Gasteiger partial charge in [-0.05, 0) is 31.0 Å². The molecule has 0 unspecified atom stereocenters. The van der Waals surface area contributed by atoms with E-state index in [0.29, 0.717) is 0 Å². The van der Waals surface area contributed by atoms with Crippen LogP contribution in [0.5, 0.6) is 5.75 Å². The molecule has 0 atom stereocenters. The Morgan fingerprint density at radius 2 is 1.60 bits per heavy atom. The molecule has 4 heteroatoms. The second-order valence-corrected chi connectivity index (χ2v) is 7.84. The number of nitrogens with one attached hydrogen (secondary N) is 2. The summed E-state index contributed by atoms with van der Waals surface area (Å²) in [7, 11) is 0. The van der Waals surface area contributed by atoms with E-state index in [0.717, 1.165) is 23.2 Å². The third-order valence-corrected chi connectivity index (χ3v) is 5.44. The molecule has 25 heavy (non-hydrogen) atoms. The number of ether oxygens (including phenoxy) is 1. The van der Waals surface area contributed by atoms with Crippen LogP contribution in [0.25, 0.3) is 0 Å². The van der Waals surface area contributed by atoms with E-state index >= 15 is 0 Å². The Morgan fingerprint density at radius 3 is 2.36 bits per heavy atom. The maximum atomic E-state index is 5.82. The van der Waals surface area contributed by atoms with E-state index in [9.17, 15) is 0 Å². The highest BCUT2D eigenvalue weighted by molar-refractivity contribution is 9.10. The number of hydrogen-bond donors (Lipinski definition) is 2. The van der Waals surface area contributed by atoms with Crippen LogP contribution in [0.15, 0.2) is 59.1 Å². The summed E-state index contributed by atoms with van der Waals surface area (Å²) in [4.78, 5) is 3.49. The molecule has 2 aromatic rings. The topological polar surface area (TPSA) is 18.1 Å². The molecular formula is C21H29BrN2O+2. The predicted octanol–water partition coefficient (Wildman–Crippen LogP) is 1.59. The van der Waals surface area contributed by atoms with Crippen molar-refractivity contribution < 1.29 is 14.5 Å². The van der Waals surface area contributed by atoms with Crippen LogP contribution in [0.2, 0.25) is 0 Å². The maximum Gasteiger partial charge on any atom is 0.127 e. The van der Waals surface area contributed by atoms with E-state index in [4.69, 9.17) is 4.74 Å². The SMILES string of the molecule is Brc1cccc(OCCCC[NH+]2CC[NH+](Cc3ccccc3)CC2)c1. The lowest BCUT2D eigenvalue weighted by Crippen LogP contribution is -3.27. The first-order valence-corrected chi connectivity index (χ1v) is 10.2. The first-order valence-electron chi connectivity index (χ1n) is 9.39. The van der Waals surface area contributed by atoms with Crippen molar-refractivity contribution in [3.8, 4) is 5.75 Å². The lowest BCUT2D eigenvalue weighted by atomic mass is 10.2. The summed E-state index contributed by atoms with van der Waals surface area (Å²) in [6.07, 6.45) is 2.38. The molecule has 2 aromatic carbocycles. The van der Waals surface area contributed by atoms with Crippen LogP contribution in [0.1, 0.15) is 18.4 Å². The van der Waals surface area contributed by atoms with Crippen molar-refractivity contribution >= 4 is 15.9 Å². The van der Waals surface area contributed by atoms with Crippen LogP contribution in [0.4, 0.5) is 0 Å². The van der Waals surface area contributed by atoms with Gasteiger partial charge in [-0.3, -0.25) is 0 Å². The highest BCUT2D eigenvalue weighted by Gasteiger charge is 2.22. The number of halogens is 1. The monoisotopic (exact) mass is 404 g/mol. The Labute approximate surface area is 159 Å². The molecule has 0 spiro atoms. The van der Waals surface area contributed by atoms with Crippen LogP contribution in [0, 0.1) is 0 Å². The van der Waals surface area contributed by atoms with E-state index in [1.807, 2.05) is 24.3 Å². The Hall–Kier alpha value is -1.36. The Bertz CT molecular complexity index is 627. The Kier molecular flexibility index (Phi) is 7.34. The summed E-state index contributed by atoms with van der Waals surface area (Å²) in [6.45, 7) is 8.45. The van der Waals surface area contributed by atoms with Gasteiger partial charge in [0.2, 0.25) is 0 Å². The largest absolute Gasteiger partial charge is 0.494 e. The number of unbranched alkanes of at least 4 members (excludes halogenated alkanes) is 1. The summed E-state index contributed by atoms with van der Waals surface area (Å²) in [5.41, 5.74) is 1.46. The lowest BCUT2D eigenvalue weighted by Gasteiger charge is -2.29. The number of hydrogen-bond acceptors (Lipinski definition) is 1. The van der Waals surface area contributed by atoms with Gasteiger partial charge in [-0.2, -0.15) is 0 Å². The van der Waals surface area contributed by atoms with E-state index < -0.39 is 0 Å². The van der Waals surface area contributed by atoms with Crippen molar-refractivity contribution in [1.29, 1.82) is 0 Å². The molecule has 0 aliphatic carbocycles. The molecule has 1 heterocycles. The van der Waals surface area contributed by atoms with Crippen LogP contribution < -0.4 is 14.5 Å². The van der Waals surface area contributed by atoms with Crippen molar-refractivity contribution in [2.75, 3.05) is 39.3 Å². The third kappa shape index (κ3) is 6.46. The number of piperazine rings is 1. The normalized spacial score (nSPS) is 20.4. The van der Waals surface area contributed by atoms with Crippen molar-refractivity contribution in [3.05, 3.63) is 64.6 Å². The van der Waals surface area contributed by atoms with E-state index in [-0.39, 0.29) is 0 Å². The fourth-order valence-electron chi connectivity index (χ4n) is 3.49. The van der Waals surface area contributed by atoms with Crippen LogP contribution >= 0.6 is 15.9 Å². The highest BCUT2D eigenvalue weighted by Crippen LogP contribution is 2.17. The van der Waals surface area contributed by atoms with Gasteiger partial charge < -0.3 is 14.5 Å². The molecule has 0 bridgehead atoms. The molecule has 0 aromatic heterocycles. The summed E-state index contributed by atoms with van der Waals surface area (Å²) in [6, 6.07) is 19.0. The Balaban J connectivity index is 1.27. The quantitative estimate of drug-likeness (QED) is 0.639. The predicted molar refractivity (Wildman–Crippen MR) is 105 cm³/mol. The molecule has 1 aliphatic rings. The molecule has 0 radical (unpaired) electrons. The average molecular weight is 405 g/mol. The zero-order valence-corrected chi connectivity index (χ0v) is 16.4. The van der Waals surface area contributed by atoms with Crippen molar-refractivity contribution in [1.82, 2.24) is 0 Å². The fourth-order valence-corrected chi connectivity index (χ4v) is 3.87. The minimum atomic E-state index is 0.815. The molecule has 3 rings (SSSR count). The van der Waals surface area contributed by atoms with E-state index in [1.54, 1.807) is 9.80 Å². The summed E-state index contributed by atoms with van der Waals surface area (Å²) in [5.74, 6) is 0.958. The minimum absolute atomic E-state index is 0.815. The van der Waals surface area contributed by atoms with Gasteiger partial charge in [0.25, 0.3) is 0 Å². The molecule has 1 fully saturated rings. The van der Waals surface area contributed by atoms with E-state index in [1.165, 1.54) is 51.3 Å². The van der Waals surface area contributed by atoms with Crippen LogP contribution in [0.3, 0.4) is 0 Å². The smallest absolute Gasteiger partial charge is 0.127 e. The maximum absolute atomic E-state index is 5.82. The van der Waals surface area contributed by atoms with Gasteiger partial charge in [-0.15, -0.1) is 0 Å². The van der Waals surface area contributed by atoms with Gasteiger partial charge in [0, 0.05) is 10.0 Å². The zero-order chi connectivity index (χ0) is 17.3. The molecule has 1 saturated heterocycles. The lowest BCUT2D eigenvalue weighted by molar-refractivity contribution is -1.02. The molecule has 0 amide bonds. The molecule has 2 N–H and O–H groups in total. The van der Waals surface area contributed by atoms with Gasteiger partial charge in [0.1, 0.15) is 38.5 Å². The minimum Gasteiger partial charge on any atom is -0.494 e. The van der Waals surface area contributed by atoms with Gasteiger partial charge in [-0.1, -0.05) is 52.3 Å². The number of benzene rings is 2. The second-order valence-electron chi connectivity index (χ2n) is 6.93. The van der Waals surface area contributed by atoms with Crippen LogP contribution in [-0.2, 0) is 6.54 Å². The first kappa shape index (κ1) is 18.4. The molecule has 134 valence electrons. The Morgan fingerprint density at radius 1 is 0.840 bits per heavy atom. The summed E-state index contributed by atoms with van der Waals surface area (Å²) >= 11 is 3.48. The van der Waals surface area contributed by atoms with Gasteiger partial charge >= 0.3 is 0 Å². The van der Waals surface area contributed by atoms with E-state index in [2.05, 4.69) is 46.3 Å². The zero-order valence-electron chi connectivity index (χ0n) is 14.8.